The van der Waals surface area contributed by atoms with E-state index in [4.69, 9.17) is 16.3 Å². The Labute approximate surface area is 194 Å². The van der Waals surface area contributed by atoms with E-state index < -0.39 is 0 Å². The van der Waals surface area contributed by atoms with Gasteiger partial charge in [0, 0.05) is 16.5 Å². The Bertz CT molecular complexity index is 1480. The molecule has 1 heterocycles. The third-order valence-corrected chi connectivity index (χ3v) is 5.70. The summed E-state index contributed by atoms with van der Waals surface area (Å²) >= 11 is 6.14. The summed E-state index contributed by atoms with van der Waals surface area (Å²) in [5.41, 5.74) is 2.05. The molecule has 6 heteroatoms. The number of fused-ring (bicyclic) bond motifs is 2. The second-order valence-electron chi connectivity index (χ2n) is 7.55. The van der Waals surface area contributed by atoms with Gasteiger partial charge in [-0.2, -0.15) is 0 Å². The molecule has 4 aromatic carbocycles. The zero-order valence-electron chi connectivity index (χ0n) is 17.5. The van der Waals surface area contributed by atoms with Crippen molar-refractivity contribution in [1.29, 1.82) is 0 Å². The fraction of sp³-hybridized carbons (Fsp3) is 0.0370. The molecular weight excluding hydrogens is 436 g/mol. The number of carbonyl (C=O) groups excluding carboxylic acids is 1. The molecule has 0 aliphatic rings. The molecule has 0 aliphatic heterocycles. The molecule has 0 unspecified atom stereocenters. The number of amides is 1. The monoisotopic (exact) mass is 454 g/mol. The van der Waals surface area contributed by atoms with Crippen LogP contribution in [-0.4, -0.2) is 10.5 Å². The van der Waals surface area contributed by atoms with E-state index in [1.54, 1.807) is 48.5 Å². The minimum Gasteiger partial charge on any atom is -0.456 e. The summed E-state index contributed by atoms with van der Waals surface area (Å²) in [4.78, 5) is 25.8. The van der Waals surface area contributed by atoms with Crippen molar-refractivity contribution in [2.24, 2.45) is 0 Å². The first-order chi connectivity index (χ1) is 16.1. The van der Waals surface area contributed by atoms with Gasteiger partial charge in [-0.15, -0.1) is 0 Å². The fourth-order valence-corrected chi connectivity index (χ4v) is 4.03. The van der Waals surface area contributed by atoms with E-state index in [1.807, 2.05) is 53.1 Å². The van der Waals surface area contributed by atoms with Crippen LogP contribution in [0.3, 0.4) is 0 Å². The highest BCUT2D eigenvalue weighted by Crippen LogP contribution is 2.29. The topological polar surface area (TPSA) is 60.3 Å². The zero-order chi connectivity index (χ0) is 22.8. The summed E-state index contributed by atoms with van der Waals surface area (Å²) in [6.07, 6.45) is 0. The molecule has 0 bridgehead atoms. The quantitative estimate of drug-likeness (QED) is 0.320. The average molecular weight is 455 g/mol. The predicted octanol–water partition coefficient (Wildman–Crippen LogP) is 6.24. The first-order valence-electron chi connectivity index (χ1n) is 10.4. The third-order valence-electron chi connectivity index (χ3n) is 5.38. The first kappa shape index (κ1) is 20.8. The van der Waals surface area contributed by atoms with Crippen LogP contribution in [-0.2, 0) is 11.3 Å². The van der Waals surface area contributed by atoms with Crippen LogP contribution >= 0.6 is 11.6 Å². The van der Waals surface area contributed by atoms with Crippen molar-refractivity contribution in [2.45, 2.75) is 6.54 Å². The number of hydrogen-bond acceptors (Lipinski definition) is 3. The molecular formula is C27H19ClN2O3. The standard InChI is InChI=1S/C27H19ClN2O3/c28-22-9-3-6-12-25(22)33-19-15-13-18(14-16-19)29-26(31)17-30-23-10-4-1-7-20(23)27(32)21-8-2-5-11-24(21)30/h1-16H,17H2,(H,29,31). The second kappa shape index (κ2) is 8.81. The van der Waals surface area contributed by atoms with E-state index in [0.717, 1.165) is 11.0 Å². The zero-order valence-corrected chi connectivity index (χ0v) is 18.3. The van der Waals surface area contributed by atoms with Gasteiger partial charge in [-0.05, 0) is 60.7 Å². The number of halogens is 1. The minimum atomic E-state index is -0.200. The van der Waals surface area contributed by atoms with Crippen molar-refractivity contribution >= 4 is 45.0 Å². The summed E-state index contributed by atoms with van der Waals surface area (Å²) in [6, 6.07) is 29.0. The number of nitrogens with one attached hydrogen (secondary N) is 1. The molecule has 0 aliphatic carbocycles. The van der Waals surface area contributed by atoms with E-state index in [1.165, 1.54) is 0 Å². The number of aromatic nitrogens is 1. The van der Waals surface area contributed by atoms with Crippen LogP contribution in [0.2, 0.25) is 5.02 Å². The smallest absolute Gasteiger partial charge is 0.244 e. The molecule has 5 aromatic rings. The van der Waals surface area contributed by atoms with Crippen molar-refractivity contribution in [3.63, 3.8) is 0 Å². The average Bonchev–Trinajstić information content (AvgIpc) is 2.84. The van der Waals surface area contributed by atoms with E-state index in [9.17, 15) is 9.59 Å². The highest BCUT2D eigenvalue weighted by molar-refractivity contribution is 6.32. The van der Waals surface area contributed by atoms with Gasteiger partial charge in [0.15, 0.2) is 5.43 Å². The van der Waals surface area contributed by atoms with Gasteiger partial charge in [0.2, 0.25) is 5.91 Å². The molecule has 0 atom stereocenters. The maximum absolute atomic E-state index is 12.9. The Hall–Kier alpha value is -4.09. The lowest BCUT2D eigenvalue weighted by Gasteiger charge is -2.15. The third kappa shape index (κ3) is 4.19. The van der Waals surface area contributed by atoms with Gasteiger partial charge in [-0.1, -0.05) is 48.0 Å². The largest absolute Gasteiger partial charge is 0.456 e. The number of ether oxygens (including phenoxy) is 1. The van der Waals surface area contributed by atoms with Gasteiger partial charge < -0.3 is 14.6 Å². The summed E-state index contributed by atoms with van der Waals surface area (Å²) < 4.78 is 7.67. The Morgan fingerprint density at radius 3 is 2.00 bits per heavy atom. The van der Waals surface area contributed by atoms with Gasteiger partial charge in [0.25, 0.3) is 0 Å². The number of carbonyl (C=O) groups is 1. The van der Waals surface area contributed by atoms with Crippen molar-refractivity contribution < 1.29 is 9.53 Å². The highest BCUT2D eigenvalue weighted by Gasteiger charge is 2.13. The SMILES string of the molecule is O=C(Cn1c2ccccc2c(=O)c2ccccc21)Nc1ccc(Oc2ccccc2Cl)cc1. The highest BCUT2D eigenvalue weighted by atomic mass is 35.5. The van der Waals surface area contributed by atoms with E-state index in [2.05, 4.69) is 5.32 Å². The summed E-state index contributed by atoms with van der Waals surface area (Å²) in [5, 5.41) is 4.62. The van der Waals surface area contributed by atoms with Crippen LogP contribution in [0.5, 0.6) is 11.5 Å². The van der Waals surface area contributed by atoms with Gasteiger partial charge in [0.1, 0.15) is 18.0 Å². The van der Waals surface area contributed by atoms with Crippen molar-refractivity contribution in [2.75, 3.05) is 5.32 Å². The van der Waals surface area contributed by atoms with Crippen molar-refractivity contribution in [3.05, 3.63) is 112 Å². The Morgan fingerprint density at radius 2 is 1.36 bits per heavy atom. The maximum Gasteiger partial charge on any atom is 0.244 e. The molecule has 1 amide bonds. The van der Waals surface area contributed by atoms with Gasteiger partial charge in [0.05, 0.1) is 16.1 Å². The number of rotatable bonds is 5. The molecule has 1 aromatic heterocycles. The van der Waals surface area contributed by atoms with Crippen LogP contribution in [0.25, 0.3) is 21.8 Å². The number of para-hydroxylation sites is 3. The van der Waals surface area contributed by atoms with E-state index >= 15 is 0 Å². The molecule has 1 N–H and O–H groups in total. The summed E-state index contributed by atoms with van der Waals surface area (Å²) in [6.45, 7) is 0.0686. The summed E-state index contributed by atoms with van der Waals surface area (Å²) in [5.74, 6) is 0.972. The van der Waals surface area contributed by atoms with Crippen LogP contribution in [0.4, 0.5) is 5.69 Å². The van der Waals surface area contributed by atoms with E-state index in [-0.39, 0.29) is 17.9 Å². The van der Waals surface area contributed by atoms with Crippen LogP contribution in [0.15, 0.2) is 102 Å². The van der Waals surface area contributed by atoms with Crippen LogP contribution in [0.1, 0.15) is 0 Å². The van der Waals surface area contributed by atoms with Crippen molar-refractivity contribution in [3.8, 4) is 11.5 Å². The molecule has 5 nitrogen and oxygen atoms in total. The number of hydrogen-bond donors (Lipinski definition) is 1. The van der Waals surface area contributed by atoms with Gasteiger partial charge in [-0.25, -0.2) is 0 Å². The lowest BCUT2D eigenvalue weighted by molar-refractivity contribution is -0.116. The van der Waals surface area contributed by atoms with Crippen LogP contribution < -0.4 is 15.5 Å². The molecule has 0 radical (unpaired) electrons. The van der Waals surface area contributed by atoms with Gasteiger partial charge in [-0.3, -0.25) is 9.59 Å². The van der Waals surface area contributed by atoms with E-state index in [0.29, 0.717) is 33.0 Å². The molecule has 33 heavy (non-hydrogen) atoms. The Kier molecular flexibility index (Phi) is 5.55. The first-order valence-corrected chi connectivity index (χ1v) is 10.8. The normalized spacial score (nSPS) is 10.9. The molecule has 162 valence electrons. The minimum absolute atomic E-state index is 0.0352. The molecule has 0 saturated heterocycles. The van der Waals surface area contributed by atoms with Crippen molar-refractivity contribution in [1.82, 2.24) is 4.57 Å². The number of anilines is 1. The maximum atomic E-state index is 12.9. The van der Waals surface area contributed by atoms with Gasteiger partial charge >= 0.3 is 0 Å². The molecule has 0 fully saturated rings. The lowest BCUT2D eigenvalue weighted by Crippen LogP contribution is -2.21. The lowest BCUT2D eigenvalue weighted by atomic mass is 10.1. The Balaban J connectivity index is 1.39. The van der Waals surface area contributed by atoms with Crippen LogP contribution in [0, 0.1) is 0 Å². The predicted molar refractivity (Wildman–Crippen MR) is 132 cm³/mol. The molecule has 0 saturated carbocycles. The molecule has 5 rings (SSSR count). The number of benzene rings is 4. The number of nitrogens with zero attached hydrogens (tertiary/aromatic N) is 1. The Morgan fingerprint density at radius 1 is 0.788 bits per heavy atom. The fourth-order valence-electron chi connectivity index (χ4n) is 3.85. The number of pyridine rings is 1. The summed E-state index contributed by atoms with van der Waals surface area (Å²) in [7, 11) is 0. The molecule has 0 spiro atoms. The second-order valence-corrected chi connectivity index (χ2v) is 7.96.